The molecule has 7 nitrogen and oxygen atoms in total. The molecule has 4 unspecified atom stereocenters. The van der Waals surface area contributed by atoms with Crippen LogP contribution in [0.1, 0.15) is 27.4 Å². The Hall–Kier alpha value is -3.23. The summed E-state index contributed by atoms with van der Waals surface area (Å²) >= 11 is 3.42. The molecule has 1 aliphatic heterocycles. The van der Waals surface area contributed by atoms with E-state index in [4.69, 9.17) is 14.2 Å². The number of hydrogen-bond donors (Lipinski definition) is 1. The molecule has 1 aromatic heterocycles. The molecule has 33 heavy (non-hydrogen) atoms. The van der Waals surface area contributed by atoms with Crippen LogP contribution in [-0.2, 0) is 15.1 Å². The highest BCUT2D eigenvalue weighted by atomic mass is 79.9. The number of rotatable bonds is 4. The zero-order valence-corrected chi connectivity index (χ0v) is 19.4. The summed E-state index contributed by atoms with van der Waals surface area (Å²) in [5.41, 5.74) is -2.49. The normalized spacial score (nSPS) is 27.5. The number of carbonyl (C=O) groups is 2. The summed E-state index contributed by atoms with van der Waals surface area (Å²) in [6.07, 6.45) is 0. The number of carbonyl (C=O) groups excluding carboxylic acids is 2. The molecule has 2 aliphatic rings. The predicted octanol–water partition coefficient (Wildman–Crippen LogP) is 3.64. The van der Waals surface area contributed by atoms with Crippen LogP contribution in [0.3, 0.4) is 0 Å². The average molecular weight is 510 g/mol. The molecule has 0 spiro atoms. The Bertz CT molecular complexity index is 1250. The van der Waals surface area contributed by atoms with Crippen molar-refractivity contribution in [3.05, 3.63) is 87.9 Å². The molecular weight excluding hydrogens is 490 g/mol. The Kier molecular flexibility index (Phi) is 5.02. The van der Waals surface area contributed by atoms with Crippen molar-refractivity contribution < 1.29 is 28.9 Å². The van der Waals surface area contributed by atoms with E-state index in [2.05, 4.69) is 20.9 Å². The third-order valence-corrected chi connectivity index (χ3v) is 7.10. The van der Waals surface area contributed by atoms with E-state index in [1.54, 1.807) is 24.3 Å². The van der Waals surface area contributed by atoms with Crippen LogP contribution in [0.15, 0.2) is 71.2 Å². The van der Waals surface area contributed by atoms with Crippen LogP contribution in [0.2, 0.25) is 0 Å². The maximum Gasteiger partial charge on any atom is 0.313 e. The molecule has 2 heterocycles. The lowest BCUT2D eigenvalue weighted by molar-refractivity contribution is -0.252. The second-order valence-corrected chi connectivity index (χ2v) is 8.95. The van der Waals surface area contributed by atoms with Crippen molar-refractivity contribution in [3.63, 3.8) is 0 Å². The molecule has 2 aromatic carbocycles. The Balaban J connectivity index is 1.82. The summed E-state index contributed by atoms with van der Waals surface area (Å²) in [6, 6.07) is 19.3. The predicted molar refractivity (Wildman–Crippen MR) is 121 cm³/mol. The van der Waals surface area contributed by atoms with Gasteiger partial charge in [0.1, 0.15) is 5.92 Å². The van der Waals surface area contributed by atoms with Gasteiger partial charge < -0.3 is 19.3 Å². The van der Waals surface area contributed by atoms with Gasteiger partial charge in [0.05, 0.1) is 19.8 Å². The SMILES string of the molecule is COC(=O)C1C(c2ccccc2)C2(c3ccc(Br)cc3)Oc3nc(OC)ccc3C(=O)C12O. The Labute approximate surface area is 198 Å². The summed E-state index contributed by atoms with van der Waals surface area (Å²) in [6.45, 7) is 0. The van der Waals surface area contributed by atoms with Crippen LogP contribution >= 0.6 is 15.9 Å². The lowest BCUT2D eigenvalue weighted by Gasteiger charge is -2.64. The number of Topliss-reactive ketones (excluding diaryl/α,β-unsaturated/α-hetero) is 1. The van der Waals surface area contributed by atoms with E-state index in [0.29, 0.717) is 5.56 Å². The minimum atomic E-state index is -2.21. The molecule has 3 aromatic rings. The minimum Gasteiger partial charge on any atom is -0.481 e. The van der Waals surface area contributed by atoms with Crippen molar-refractivity contribution >= 4 is 27.7 Å². The van der Waals surface area contributed by atoms with Gasteiger partial charge in [-0.15, -0.1) is 0 Å². The number of fused-ring (bicyclic) bond motifs is 2. The van der Waals surface area contributed by atoms with Gasteiger partial charge in [0, 0.05) is 16.5 Å². The fourth-order valence-electron chi connectivity index (χ4n) is 5.12. The van der Waals surface area contributed by atoms with E-state index < -0.39 is 34.8 Å². The number of aliphatic hydroxyl groups is 1. The number of methoxy groups -OCH3 is 2. The molecule has 0 amide bonds. The second kappa shape index (κ2) is 7.67. The molecular formula is C25H20BrNO6. The van der Waals surface area contributed by atoms with E-state index in [9.17, 15) is 14.7 Å². The van der Waals surface area contributed by atoms with Crippen LogP contribution in [0, 0.1) is 5.92 Å². The van der Waals surface area contributed by atoms with Gasteiger partial charge in [0.25, 0.3) is 0 Å². The molecule has 1 saturated carbocycles. The van der Waals surface area contributed by atoms with Gasteiger partial charge >= 0.3 is 5.97 Å². The van der Waals surface area contributed by atoms with E-state index >= 15 is 0 Å². The first kappa shape index (κ1) is 21.6. The van der Waals surface area contributed by atoms with Crippen LogP contribution in [0.25, 0.3) is 0 Å². The number of pyridine rings is 1. The van der Waals surface area contributed by atoms with Crippen molar-refractivity contribution in [1.29, 1.82) is 0 Å². The first-order valence-corrected chi connectivity index (χ1v) is 11.1. The first-order valence-electron chi connectivity index (χ1n) is 10.3. The number of ether oxygens (including phenoxy) is 3. The molecule has 1 N–H and O–H groups in total. The molecule has 8 heteroatoms. The number of hydrogen-bond acceptors (Lipinski definition) is 7. The van der Waals surface area contributed by atoms with E-state index in [-0.39, 0.29) is 17.3 Å². The molecule has 1 aliphatic carbocycles. The monoisotopic (exact) mass is 509 g/mol. The quantitative estimate of drug-likeness (QED) is 0.536. The summed E-state index contributed by atoms with van der Waals surface area (Å²) in [5.74, 6) is -2.95. The molecule has 0 saturated heterocycles. The fraction of sp³-hybridized carbons (Fsp3) is 0.240. The van der Waals surface area contributed by atoms with Gasteiger partial charge in [-0.1, -0.05) is 58.4 Å². The Morgan fingerprint density at radius 2 is 1.76 bits per heavy atom. The van der Waals surface area contributed by atoms with Crippen molar-refractivity contribution in [2.45, 2.75) is 17.1 Å². The van der Waals surface area contributed by atoms with Crippen LogP contribution in [-0.4, -0.2) is 41.7 Å². The number of benzene rings is 2. The van der Waals surface area contributed by atoms with Gasteiger partial charge in [0.2, 0.25) is 17.5 Å². The maximum absolute atomic E-state index is 13.8. The lowest BCUT2D eigenvalue weighted by Crippen LogP contribution is -2.80. The minimum absolute atomic E-state index is 0.0381. The number of halogens is 1. The molecule has 168 valence electrons. The number of esters is 1. The van der Waals surface area contributed by atoms with Gasteiger partial charge in [-0.05, 0) is 29.3 Å². The van der Waals surface area contributed by atoms with Gasteiger partial charge in [-0.25, -0.2) is 0 Å². The zero-order valence-electron chi connectivity index (χ0n) is 17.8. The van der Waals surface area contributed by atoms with E-state index in [1.165, 1.54) is 26.4 Å². The van der Waals surface area contributed by atoms with Gasteiger partial charge in [-0.2, -0.15) is 4.98 Å². The largest absolute Gasteiger partial charge is 0.481 e. The second-order valence-electron chi connectivity index (χ2n) is 8.04. The summed E-state index contributed by atoms with van der Waals surface area (Å²) < 4.78 is 17.5. The third kappa shape index (κ3) is 2.80. The smallest absolute Gasteiger partial charge is 0.313 e. The molecule has 0 radical (unpaired) electrons. The number of aromatic nitrogens is 1. The lowest BCUT2D eigenvalue weighted by atomic mass is 9.44. The van der Waals surface area contributed by atoms with Crippen molar-refractivity contribution in [2.75, 3.05) is 14.2 Å². The molecule has 4 atom stereocenters. The van der Waals surface area contributed by atoms with Crippen LogP contribution < -0.4 is 9.47 Å². The third-order valence-electron chi connectivity index (χ3n) is 6.57. The number of nitrogens with zero attached hydrogens (tertiary/aromatic N) is 1. The molecule has 1 fully saturated rings. The van der Waals surface area contributed by atoms with Gasteiger partial charge in [0.15, 0.2) is 11.2 Å². The van der Waals surface area contributed by atoms with E-state index in [0.717, 1.165) is 10.0 Å². The molecule has 0 bridgehead atoms. The van der Waals surface area contributed by atoms with E-state index in [1.807, 2.05) is 30.3 Å². The number of ketones is 1. The van der Waals surface area contributed by atoms with Crippen LogP contribution in [0.4, 0.5) is 0 Å². The van der Waals surface area contributed by atoms with Gasteiger partial charge in [-0.3, -0.25) is 9.59 Å². The highest BCUT2D eigenvalue weighted by molar-refractivity contribution is 9.10. The summed E-state index contributed by atoms with van der Waals surface area (Å²) in [5, 5.41) is 12.1. The van der Waals surface area contributed by atoms with Crippen molar-refractivity contribution in [2.24, 2.45) is 5.92 Å². The zero-order chi connectivity index (χ0) is 23.4. The Morgan fingerprint density at radius 3 is 2.39 bits per heavy atom. The van der Waals surface area contributed by atoms with Crippen molar-refractivity contribution in [1.82, 2.24) is 4.98 Å². The van der Waals surface area contributed by atoms with Crippen molar-refractivity contribution in [3.8, 4) is 11.8 Å². The standard InChI is InChI=1S/C25H20BrNO6/c1-31-18-13-12-17-21(28)24(30)20(23(29)32-2)19(14-6-4-3-5-7-14)25(24,33-22(17)27-18)15-8-10-16(26)11-9-15/h3-13,19-20,30H,1-2H3. The topological polar surface area (TPSA) is 95.0 Å². The Morgan fingerprint density at radius 1 is 1.06 bits per heavy atom. The maximum atomic E-state index is 13.8. The highest BCUT2D eigenvalue weighted by Gasteiger charge is 2.82. The summed E-state index contributed by atoms with van der Waals surface area (Å²) in [7, 11) is 2.70. The van der Waals surface area contributed by atoms with Crippen LogP contribution in [0.5, 0.6) is 11.8 Å². The average Bonchev–Trinajstić information content (AvgIpc) is 2.84. The molecule has 5 rings (SSSR count). The highest BCUT2D eigenvalue weighted by Crippen LogP contribution is 2.68. The summed E-state index contributed by atoms with van der Waals surface area (Å²) in [4.78, 5) is 31.2. The first-order chi connectivity index (χ1) is 15.9. The fourth-order valence-corrected chi connectivity index (χ4v) is 5.39.